The van der Waals surface area contributed by atoms with Crippen LogP contribution in [-0.2, 0) is 14.3 Å². The van der Waals surface area contributed by atoms with Gasteiger partial charge in [-0.2, -0.15) is 0 Å². The van der Waals surface area contributed by atoms with E-state index < -0.39 is 0 Å². The molecule has 3 aliphatic rings. The molecule has 2 aliphatic heterocycles. The fourth-order valence-electron chi connectivity index (χ4n) is 4.12. The van der Waals surface area contributed by atoms with Crippen molar-refractivity contribution in [3.63, 3.8) is 0 Å². The molecular formula is C25H27N3O4. The second kappa shape index (κ2) is 8.74. The molecule has 5 rings (SSSR count). The Bertz CT molecular complexity index is 1020. The van der Waals surface area contributed by atoms with E-state index in [-0.39, 0.29) is 29.7 Å². The van der Waals surface area contributed by atoms with Crippen molar-refractivity contribution in [2.45, 2.75) is 25.4 Å². The number of hydrogen-bond donors (Lipinski definition) is 1. The number of rotatable bonds is 5. The third kappa shape index (κ3) is 4.39. The first-order valence-corrected chi connectivity index (χ1v) is 11.3. The third-order valence-corrected chi connectivity index (χ3v) is 6.40. The predicted molar refractivity (Wildman–Crippen MR) is 120 cm³/mol. The van der Waals surface area contributed by atoms with Crippen LogP contribution in [0.15, 0.2) is 48.5 Å². The van der Waals surface area contributed by atoms with Crippen LogP contribution in [0.2, 0.25) is 0 Å². The van der Waals surface area contributed by atoms with E-state index in [1.54, 1.807) is 9.80 Å². The second-order valence-electron chi connectivity index (χ2n) is 8.69. The first kappa shape index (κ1) is 20.7. The predicted octanol–water partition coefficient (Wildman–Crippen LogP) is 2.78. The molecule has 0 aromatic heterocycles. The maximum absolute atomic E-state index is 12.9. The lowest BCUT2D eigenvalue weighted by Gasteiger charge is -2.38. The van der Waals surface area contributed by atoms with Gasteiger partial charge in [-0.3, -0.25) is 14.4 Å². The highest BCUT2D eigenvalue weighted by molar-refractivity contribution is 5.96. The molecule has 32 heavy (non-hydrogen) atoms. The van der Waals surface area contributed by atoms with Gasteiger partial charge in [-0.05, 0) is 48.2 Å². The fraction of sp³-hybridized carbons (Fsp3) is 0.400. The fourth-order valence-corrected chi connectivity index (χ4v) is 4.12. The topological polar surface area (TPSA) is 79.0 Å². The summed E-state index contributed by atoms with van der Waals surface area (Å²) in [7, 11) is 0. The van der Waals surface area contributed by atoms with Crippen molar-refractivity contribution in [2.24, 2.45) is 5.92 Å². The normalized spacial score (nSPS) is 20.4. The molecule has 1 saturated carbocycles. The summed E-state index contributed by atoms with van der Waals surface area (Å²) in [5.41, 5.74) is 3.40. The first-order valence-electron chi connectivity index (χ1n) is 11.3. The van der Waals surface area contributed by atoms with Crippen LogP contribution in [0.1, 0.15) is 29.6 Å². The maximum atomic E-state index is 12.9. The van der Waals surface area contributed by atoms with E-state index in [2.05, 4.69) is 5.32 Å². The Morgan fingerprint density at radius 1 is 0.844 bits per heavy atom. The lowest BCUT2D eigenvalue weighted by Crippen LogP contribution is -2.54. The van der Waals surface area contributed by atoms with Crippen LogP contribution in [0.4, 0.5) is 5.69 Å². The number of piperazine rings is 1. The molecule has 2 saturated heterocycles. The molecule has 0 radical (unpaired) electrons. The lowest BCUT2D eigenvalue weighted by atomic mass is 10.0. The molecule has 1 unspecified atom stereocenters. The Morgan fingerprint density at radius 2 is 1.53 bits per heavy atom. The number of hydrogen-bond acceptors (Lipinski definition) is 4. The van der Waals surface area contributed by atoms with Crippen molar-refractivity contribution in [3.8, 4) is 11.1 Å². The lowest BCUT2D eigenvalue weighted by molar-refractivity contribution is -0.157. The van der Waals surface area contributed by atoms with Gasteiger partial charge in [0.05, 0.1) is 6.61 Å². The van der Waals surface area contributed by atoms with Crippen molar-refractivity contribution in [1.29, 1.82) is 0 Å². The van der Waals surface area contributed by atoms with E-state index in [1.807, 2.05) is 48.5 Å². The van der Waals surface area contributed by atoms with Gasteiger partial charge in [0, 0.05) is 49.8 Å². The van der Waals surface area contributed by atoms with Crippen LogP contribution in [0.25, 0.3) is 11.1 Å². The van der Waals surface area contributed by atoms with Crippen LogP contribution < -0.4 is 5.32 Å². The summed E-state index contributed by atoms with van der Waals surface area (Å²) in [5, 5.41) is 2.98. The molecule has 7 heteroatoms. The van der Waals surface area contributed by atoms with Gasteiger partial charge < -0.3 is 19.9 Å². The summed E-state index contributed by atoms with van der Waals surface area (Å²) in [5.74, 6) is 0.276. The molecule has 1 aliphatic carbocycles. The van der Waals surface area contributed by atoms with Crippen molar-refractivity contribution < 1.29 is 19.1 Å². The second-order valence-corrected chi connectivity index (χ2v) is 8.69. The minimum atomic E-state index is -0.287. The van der Waals surface area contributed by atoms with Gasteiger partial charge in [-0.15, -0.1) is 0 Å². The average molecular weight is 434 g/mol. The number of nitrogens with one attached hydrogen (secondary N) is 1. The summed E-state index contributed by atoms with van der Waals surface area (Å²) in [6, 6.07) is 15.3. The highest BCUT2D eigenvalue weighted by atomic mass is 16.5. The van der Waals surface area contributed by atoms with Crippen LogP contribution in [0.5, 0.6) is 0 Å². The molecule has 2 aromatic carbocycles. The molecule has 3 amide bonds. The van der Waals surface area contributed by atoms with Crippen molar-refractivity contribution >= 4 is 23.4 Å². The number of carbonyl (C=O) groups is 3. The highest BCUT2D eigenvalue weighted by Crippen LogP contribution is 2.31. The van der Waals surface area contributed by atoms with Crippen molar-refractivity contribution in [2.75, 3.05) is 38.1 Å². The van der Waals surface area contributed by atoms with Gasteiger partial charge in [0.1, 0.15) is 6.10 Å². The van der Waals surface area contributed by atoms with E-state index in [1.165, 1.54) is 0 Å². The molecule has 3 fully saturated rings. The smallest absolute Gasteiger partial charge is 0.253 e. The standard InChI is InChI=1S/C25H27N3O4/c29-23(18-6-7-18)26-21-3-1-2-20(16-21)17-4-8-19(9-5-17)24(30)27-11-13-28(14-12-27)25(31)22-10-15-32-22/h1-5,8-9,16,18,22H,6-7,10-15H2,(H,26,29). The number of carbonyl (C=O) groups excluding carboxylic acids is 3. The van der Waals surface area contributed by atoms with Gasteiger partial charge in [0.15, 0.2) is 0 Å². The quantitative estimate of drug-likeness (QED) is 0.787. The zero-order chi connectivity index (χ0) is 22.1. The van der Waals surface area contributed by atoms with Crippen LogP contribution in [0.3, 0.4) is 0 Å². The van der Waals surface area contributed by atoms with E-state index in [0.717, 1.165) is 36.1 Å². The van der Waals surface area contributed by atoms with Crippen molar-refractivity contribution in [1.82, 2.24) is 9.80 Å². The summed E-state index contributed by atoms with van der Waals surface area (Å²) >= 11 is 0. The SMILES string of the molecule is O=C(Nc1cccc(-c2ccc(C(=O)N3CCN(C(=O)C4CCO4)CC3)cc2)c1)C1CC1. The van der Waals surface area contributed by atoms with Crippen LogP contribution >= 0.6 is 0 Å². The Balaban J connectivity index is 1.20. The Morgan fingerprint density at radius 3 is 2.16 bits per heavy atom. The number of ether oxygens (including phenoxy) is 1. The zero-order valence-electron chi connectivity index (χ0n) is 18.0. The van der Waals surface area contributed by atoms with E-state index in [0.29, 0.717) is 38.3 Å². The number of amides is 3. The molecule has 2 heterocycles. The van der Waals surface area contributed by atoms with Gasteiger partial charge in [0.2, 0.25) is 5.91 Å². The first-order chi connectivity index (χ1) is 15.6. The van der Waals surface area contributed by atoms with Gasteiger partial charge in [-0.1, -0.05) is 24.3 Å². The van der Waals surface area contributed by atoms with E-state index in [9.17, 15) is 14.4 Å². The van der Waals surface area contributed by atoms with Crippen LogP contribution in [0, 0.1) is 5.92 Å². The molecule has 0 bridgehead atoms. The largest absolute Gasteiger partial charge is 0.368 e. The highest BCUT2D eigenvalue weighted by Gasteiger charge is 2.33. The van der Waals surface area contributed by atoms with Gasteiger partial charge in [0.25, 0.3) is 11.8 Å². The molecule has 1 atom stereocenters. The number of benzene rings is 2. The van der Waals surface area contributed by atoms with Crippen LogP contribution in [-0.4, -0.2) is 66.4 Å². The average Bonchev–Trinajstić information content (AvgIpc) is 3.64. The Hall–Kier alpha value is -3.19. The van der Waals surface area contributed by atoms with E-state index in [4.69, 9.17) is 4.74 Å². The minimum Gasteiger partial charge on any atom is -0.368 e. The summed E-state index contributed by atoms with van der Waals surface area (Å²) < 4.78 is 5.28. The Labute approximate surface area is 187 Å². The third-order valence-electron chi connectivity index (χ3n) is 6.40. The van der Waals surface area contributed by atoms with Gasteiger partial charge in [-0.25, -0.2) is 0 Å². The van der Waals surface area contributed by atoms with E-state index >= 15 is 0 Å². The maximum Gasteiger partial charge on any atom is 0.253 e. The number of anilines is 1. The van der Waals surface area contributed by atoms with Crippen molar-refractivity contribution in [3.05, 3.63) is 54.1 Å². The monoisotopic (exact) mass is 433 g/mol. The molecular weight excluding hydrogens is 406 g/mol. The zero-order valence-corrected chi connectivity index (χ0v) is 18.0. The molecule has 7 nitrogen and oxygen atoms in total. The molecule has 166 valence electrons. The Kier molecular flexibility index (Phi) is 5.66. The number of nitrogens with zero attached hydrogens (tertiary/aromatic N) is 2. The molecule has 2 aromatic rings. The minimum absolute atomic E-state index is 0.0195. The molecule has 0 spiro atoms. The summed E-state index contributed by atoms with van der Waals surface area (Å²) in [6.07, 6.45) is 2.45. The molecule has 1 N–H and O–H groups in total. The summed E-state index contributed by atoms with van der Waals surface area (Å²) in [4.78, 5) is 40.8. The summed E-state index contributed by atoms with van der Waals surface area (Å²) in [6.45, 7) is 2.80. The van der Waals surface area contributed by atoms with Gasteiger partial charge >= 0.3 is 0 Å².